The summed E-state index contributed by atoms with van der Waals surface area (Å²) in [7, 11) is 1.73. The fourth-order valence-corrected chi connectivity index (χ4v) is 3.09. The van der Waals surface area contributed by atoms with Gasteiger partial charge in [-0.05, 0) is 36.6 Å². The van der Waals surface area contributed by atoms with Gasteiger partial charge in [0.05, 0.1) is 6.61 Å². The van der Waals surface area contributed by atoms with E-state index < -0.39 is 0 Å². The highest BCUT2D eigenvalue weighted by atomic mass is 32.1. The number of aryl methyl sites for hydroxylation is 2. The van der Waals surface area contributed by atoms with E-state index in [2.05, 4.69) is 49.5 Å². The van der Waals surface area contributed by atoms with Gasteiger partial charge in [0.25, 0.3) is 0 Å². The van der Waals surface area contributed by atoms with Crippen LogP contribution in [0.2, 0.25) is 0 Å². The van der Waals surface area contributed by atoms with Crippen molar-refractivity contribution < 1.29 is 4.74 Å². The third-order valence-electron chi connectivity index (χ3n) is 3.15. The van der Waals surface area contributed by atoms with Crippen LogP contribution in [0.4, 0.5) is 0 Å². The van der Waals surface area contributed by atoms with E-state index in [1.807, 2.05) is 11.3 Å². The smallest absolute Gasteiger partial charge is 0.0713 e. The number of nitrogens with one attached hydrogen (secondary N) is 1. The molecular formula is C16H21NOS. The van der Waals surface area contributed by atoms with Crippen LogP contribution in [0.25, 0.3) is 0 Å². The van der Waals surface area contributed by atoms with E-state index in [9.17, 15) is 0 Å². The molecule has 1 heterocycles. The predicted molar refractivity (Wildman–Crippen MR) is 81.5 cm³/mol. The molecule has 0 amide bonds. The minimum Gasteiger partial charge on any atom is -0.380 e. The molecule has 2 aromatic rings. The summed E-state index contributed by atoms with van der Waals surface area (Å²) in [4.78, 5) is 2.82. The highest BCUT2D eigenvalue weighted by molar-refractivity contribution is 7.12. The largest absolute Gasteiger partial charge is 0.380 e. The number of rotatable bonds is 6. The zero-order chi connectivity index (χ0) is 13.7. The van der Waals surface area contributed by atoms with Crippen LogP contribution in [0.15, 0.2) is 30.3 Å². The van der Waals surface area contributed by atoms with Gasteiger partial charge in [0.15, 0.2) is 0 Å². The van der Waals surface area contributed by atoms with Crippen molar-refractivity contribution in [1.29, 1.82) is 0 Å². The summed E-state index contributed by atoms with van der Waals surface area (Å²) in [6.45, 7) is 6.86. The summed E-state index contributed by atoms with van der Waals surface area (Å²) in [5.74, 6) is 0. The van der Waals surface area contributed by atoms with E-state index in [4.69, 9.17) is 4.74 Å². The molecule has 0 atom stereocenters. The van der Waals surface area contributed by atoms with Crippen molar-refractivity contribution in [1.82, 2.24) is 5.32 Å². The summed E-state index contributed by atoms with van der Waals surface area (Å²) in [5, 5.41) is 3.50. The normalized spacial score (nSPS) is 10.9. The third kappa shape index (κ3) is 4.16. The first-order chi connectivity index (χ1) is 9.19. The summed E-state index contributed by atoms with van der Waals surface area (Å²) in [5.41, 5.74) is 3.92. The monoisotopic (exact) mass is 275 g/mol. The molecule has 1 N–H and O–H groups in total. The van der Waals surface area contributed by atoms with Crippen molar-refractivity contribution in [2.45, 2.75) is 33.5 Å². The van der Waals surface area contributed by atoms with Crippen LogP contribution in [-0.4, -0.2) is 7.11 Å². The minimum atomic E-state index is 0.678. The SMILES string of the molecule is COCc1cccc(CNCc2cc(C)c(C)s2)c1. The van der Waals surface area contributed by atoms with Gasteiger partial charge >= 0.3 is 0 Å². The molecule has 1 aromatic heterocycles. The molecule has 2 nitrogen and oxygen atoms in total. The molecule has 0 bridgehead atoms. The minimum absolute atomic E-state index is 0.678. The molecule has 0 fully saturated rings. The molecule has 19 heavy (non-hydrogen) atoms. The van der Waals surface area contributed by atoms with E-state index in [1.165, 1.54) is 26.4 Å². The van der Waals surface area contributed by atoms with Gasteiger partial charge in [-0.1, -0.05) is 24.3 Å². The first-order valence-electron chi connectivity index (χ1n) is 6.52. The Morgan fingerprint density at radius 3 is 2.58 bits per heavy atom. The topological polar surface area (TPSA) is 21.3 Å². The Balaban J connectivity index is 1.86. The zero-order valence-electron chi connectivity index (χ0n) is 11.8. The van der Waals surface area contributed by atoms with E-state index >= 15 is 0 Å². The average molecular weight is 275 g/mol. The number of thiophene rings is 1. The second-order valence-electron chi connectivity index (χ2n) is 4.81. The number of benzene rings is 1. The lowest BCUT2D eigenvalue weighted by atomic mass is 10.1. The van der Waals surface area contributed by atoms with Crippen LogP contribution in [-0.2, 0) is 24.4 Å². The van der Waals surface area contributed by atoms with Gasteiger partial charge < -0.3 is 10.1 Å². The number of ether oxygens (including phenoxy) is 1. The lowest BCUT2D eigenvalue weighted by Gasteiger charge is -2.06. The van der Waals surface area contributed by atoms with Gasteiger partial charge in [-0.2, -0.15) is 0 Å². The van der Waals surface area contributed by atoms with Gasteiger partial charge in [-0.25, -0.2) is 0 Å². The molecule has 102 valence electrons. The van der Waals surface area contributed by atoms with Crippen LogP contribution >= 0.6 is 11.3 Å². The van der Waals surface area contributed by atoms with Gasteiger partial charge in [-0.15, -0.1) is 11.3 Å². The van der Waals surface area contributed by atoms with E-state index in [-0.39, 0.29) is 0 Å². The average Bonchev–Trinajstić information content (AvgIpc) is 2.70. The lowest BCUT2D eigenvalue weighted by molar-refractivity contribution is 0.185. The van der Waals surface area contributed by atoms with Crippen LogP contribution in [0.5, 0.6) is 0 Å². The van der Waals surface area contributed by atoms with Crippen molar-refractivity contribution in [2.24, 2.45) is 0 Å². The van der Waals surface area contributed by atoms with Crippen molar-refractivity contribution in [3.05, 3.63) is 56.8 Å². The zero-order valence-corrected chi connectivity index (χ0v) is 12.6. The quantitative estimate of drug-likeness (QED) is 0.866. The van der Waals surface area contributed by atoms with Crippen molar-refractivity contribution in [2.75, 3.05) is 7.11 Å². The van der Waals surface area contributed by atoms with Crippen molar-refractivity contribution >= 4 is 11.3 Å². The van der Waals surface area contributed by atoms with Crippen LogP contribution in [0, 0.1) is 13.8 Å². The maximum atomic E-state index is 5.15. The number of hydrogen-bond acceptors (Lipinski definition) is 3. The van der Waals surface area contributed by atoms with Crippen molar-refractivity contribution in [3.63, 3.8) is 0 Å². The molecule has 0 saturated heterocycles. The Morgan fingerprint density at radius 2 is 1.89 bits per heavy atom. The van der Waals surface area contributed by atoms with Gasteiger partial charge in [0.2, 0.25) is 0 Å². The number of hydrogen-bond donors (Lipinski definition) is 1. The van der Waals surface area contributed by atoms with Gasteiger partial charge in [0, 0.05) is 30.0 Å². The van der Waals surface area contributed by atoms with E-state index in [0.717, 1.165) is 13.1 Å². The third-order valence-corrected chi connectivity index (χ3v) is 4.30. The standard InChI is InChI=1S/C16H21NOS/c1-12-7-16(19-13(12)2)10-17-9-14-5-4-6-15(8-14)11-18-3/h4-8,17H,9-11H2,1-3H3. The van der Waals surface area contributed by atoms with Gasteiger partial charge in [-0.3, -0.25) is 0 Å². The molecule has 3 heteroatoms. The first-order valence-corrected chi connectivity index (χ1v) is 7.34. The molecular weight excluding hydrogens is 254 g/mol. The molecule has 0 aliphatic carbocycles. The van der Waals surface area contributed by atoms with E-state index in [0.29, 0.717) is 6.61 Å². The molecule has 2 rings (SSSR count). The maximum Gasteiger partial charge on any atom is 0.0713 e. The number of methoxy groups -OCH3 is 1. The van der Waals surface area contributed by atoms with Crippen LogP contribution < -0.4 is 5.32 Å². The molecule has 0 aliphatic rings. The second-order valence-corrected chi connectivity index (χ2v) is 6.15. The highest BCUT2D eigenvalue weighted by Crippen LogP contribution is 2.20. The molecule has 0 unspecified atom stereocenters. The molecule has 1 aromatic carbocycles. The second kappa shape index (κ2) is 6.85. The Hall–Kier alpha value is -1.16. The van der Waals surface area contributed by atoms with Gasteiger partial charge in [0.1, 0.15) is 0 Å². The molecule has 0 radical (unpaired) electrons. The van der Waals surface area contributed by atoms with Crippen LogP contribution in [0.3, 0.4) is 0 Å². The van der Waals surface area contributed by atoms with Crippen LogP contribution in [0.1, 0.15) is 26.4 Å². The molecule has 0 aliphatic heterocycles. The lowest BCUT2D eigenvalue weighted by Crippen LogP contribution is -2.11. The predicted octanol–water partition coefficient (Wildman–Crippen LogP) is 3.80. The maximum absolute atomic E-state index is 5.15. The summed E-state index contributed by atoms with van der Waals surface area (Å²) in [6, 6.07) is 10.8. The first kappa shape index (κ1) is 14.3. The molecule has 0 spiro atoms. The fourth-order valence-electron chi connectivity index (χ4n) is 2.06. The summed E-state index contributed by atoms with van der Waals surface area (Å²) in [6.07, 6.45) is 0. The Labute approximate surface area is 119 Å². The Kier molecular flexibility index (Phi) is 5.14. The summed E-state index contributed by atoms with van der Waals surface area (Å²) >= 11 is 1.88. The van der Waals surface area contributed by atoms with E-state index in [1.54, 1.807) is 7.11 Å². The highest BCUT2D eigenvalue weighted by Gasteiger charge is 2.01. The van der Waals surface area contributed by atoms with Crippen molar-refractivity contribution in [3.8, 4) is 0 Å². The molecule has 0 saturated carbocycles. The Bertz CT molecular complexity index is 514. The Morgan fingerprint density at radius 1 is 1.11 bits per heavy atom. The summed E-state index contributed by atoms with van der Waals surface area (Å²) < 4.78 is 5.15. The fraction of sp³-hybridized carbons (Fsp3) is 0.375.